The van der Waals surface area contributed by atoms with Gasteiger partial charge in [-0.2, -0.15) is 0 Å². The van der Waals surface area contributed by atoms with Crippen LogP contribution in [0.4, 0.5) is 4.39 Å². The zero-order valence-electron chi connectivity index (χ0n) is 12.3. The van der Waals surface area contributed by atoms with Crippen LogP contribution in [0.25, 0.3) is 0 Å². The fourth-order valence-electron chi connectivity index (χ4n) is 2.16. The van der Waals surface area contributed by atoms with Crippen LogP contribution in [0.5, 0.6) is 0 Å². The van der Waals surface area contributed by atoms with Crippen LogP contribution in [0.15, 0.2) is 22.7 Å². The Balaban J connectivity index is 2.47. The zero-order valence-corrected chi connectivity index (χ0v) is 15.4. The van der Waals surface area contributed by atoms with Crippen molar-refractivity contribution in [2.24, 2.45) is 0 Å². The molecule has 0 aliphatic heterocycles. The first-order valence-corrected chi connectivity index (χ1v) is 8.88. The molecule has 0 saturated heterocycles. The summed E-state index contributed by atoms with van der Waals surface area (Å²) in [6.07, 6.45) is 0.992. The van der Waals surface area contributed by atoms with Gasteiger partial charge >= 0.3 is 0 Å². The van der Waals surface area contributed by atoms with Gasteiger partial charge in [0.15, 0.2) is 0 Å². The van der Waals surface area contributed by atoms with Crippen molar-refractivity contribution in [1.82, 2.24) is 5.32 Å². The van der Waals surface area contributed by atoms with Gasteiger partial charge in [-0.3, -0.25) is 0 Å². The van der Waals surface area contributed by atoms with Gasteiger partial charge < -0.3 is 5.32 Å². The van der Waals surface area contributed by atoms with Crippen LogP contribution in [-0.4, -0.2) is 6.54 Å². The summed E-state index contributed by atoms with van der Waals surface area (Å²) in [5.74, 6) is -0.358. The monoisotopic (exact) mass is 389 g/mol. The normalized spacial score (nSPS) is 12.7. The smallest absolute Gasteiger partial charge is 0.148 e. The molecule has 21 heavy (non-hydrogen) atoms. The molecule has 0 aliphatic carbocycles. The Morgan fingerprint density at radius 3 is 2.67 bits per heavy atom. The van der Waals surface area contributed by atoms with Crippen molar-refractivity contribution in [3.05, 3.63) is 54.4 Å². The molecule has 5 heteroatoms. The lowest BCUT2D eigenvalue weighted by Gasteiger charge is -2.19. The number of aryl methyl sites for hydroxylation is 2. The Kier molecular flexibility index (Phi) is 5.83. The van der Waals surface area contributed by atoms with Gasteiger partial charge in [-0.05, 0) is 60.4 Å². The van der Waals surface area contributed by atoms with Crippen LogP contribution in [0, 0.1) is 19.7 Å². The number of halogens is 3. The van der Waals surface area contributed by atoms with E-state index in [-0.39, 0.29) is 16.9 Å². The molecule has 1 heterocycles. The summed E-state index contributed by atoms with van der Waals surface area (Å²) in [6.45, 7) is 7.09. The standard InChI is InChI=1S/C16H18BrClFNS/c1-4-7-20-16(13-8-9(2)10(3)21-13)11-5-6-12(17)14(18)15(11)19/h5-6,8,16,20H,4,7H2,1-3H3. The van der Waals surface area contributed by atoms with E-state index in [1.54, 1.807) is 23.5 Å². The first-order valence-electron chi connectivity index (χ1n) is 6.89. The summed E-state index contributed by atoms with van der Waals surface area (Å²) < 4.78 is 15.1. The Labute approximate surface area is 142 Å². The number of hydrogen-bond donors (Lipinski definition) is 1. The van der Waals surface area contributed by atoms with Crippen molar-refractivity contribution in [2.75, 3.05) is 6.54 Å². The summed E-state index contributed by atoms with van der Waals surface area (Å²) in [6, 6.07) is 5.56. The second kappa shape index (κ2) is 7.23. The van der Waals surface area contributed by atoms with Crippen LogP contribution >= 0.6 is 38.9 Å². The lowest BCUT2D eigenvalue weighted by Crippen LogP contribution is -2.23. The Morgan fingerprint density at radius 1 is 1.38 bits per heavy atom. The van der Waals surface area contributed by atoms with E-state index in [9.17, 15) is 4.39 Å². The average Bonchev–Trinajstić information content (AvgIpc) is 2.78. The Morgan fingerprint density at radius 2 is 2.10 bits per heavy atom. The van der Waals surface area contributed by atoms with Gasteiger partial charge in [-0.1, -0.05) is 24.6 Å². The van der Waals surface area contributed by atoms with Crippen LogP contribution in [-0.2, 0) is 0 Å². The van der Waals surface area contributed by atoms with E-state index in [0.29, 0.717) is 10.0 Å². The van der Waals surface area contributed by atoms with Crippen molar-refractivity contribution in [2.45, 2.75) is 33.2 Å². The molecule has 114 valence electrons. The SMILES string of the molecule is CCCNC(c1cc(C)c(C)s1)c1ccc(Br)c(Cl)c1F. The van der Waals surface area contributed by atoms with Crippen LogP contribution < -0.4 is 5.32 Å². The van der Waals surface area contributed by atoms with Crippen LogP contribution in [0.3, 0.4) is 0 Å². The highest BCUT2D eigenvalue weighted by Crippen LogP contribution is 2.36. The molecule has 0 aliphatic rings. The molecule has 0 bridgehead atoms. The van der Waals surface area contributed by atoms with Crippen LogP contribution in [0.2, 0.25) is 5.02 Å². The molecule has 2 aromatic rings. The van der Waals surface area contributed by atoms with Crippen molar-refractivity contribution in [1.29, 1.82) is 0 Å². The molecule has 2 rings (SSSR count). The molecule has 0 fully saturated rings. The maximum atomic E-state index is 14.5. The highest BCUT2D eigenvalue weighted by Gasteiger charge is 2.22. The molecule has 0 radical (unpaired) electrons. The highest BCUT2D eigenvalue weighted by molar-refractivity contribution is 9.10. The minimum atomic E-state index is -0.358. The number of benzene rings is 1. The summed E-state index contributed by atoms with van der Waals surface area (Å²) in [7, 11) is 0. The van der Waals surface area contributed by atoms with E-state index in [2.05, 4.69) is 48.1 Å². The lowest BCUT2D eigenvalue weighted by atomic mass is 10.0. The van der Waals surface area contributed by atoms with E-state index >= 15 is 0 Å². The van der Waals surface area contributed by atoms with Gasteiger partial charge in [0.25, 0.3) is 0 Å². The second-order valence-corrected chi connectivity index (χ2v) is 7.56. The summed E-state index contributed by atoms with van der Waals surface area (Å²) >= 11 is 11.0. The minimum Gasteiger partial charge on any atom is -0.306 e. The van der Waals surface area contributed by atoms with Crippen LogP contribution in [0.1, 0.15) is 40.3 Å². The van der Waals surface area contributed by atoms with Crippen molar-refractivity contribution in [3.8, 4) is 0 Å². The molecular formula is C16H18BrClFNS. The zero-order chi connectivity index (χ0) is 15.6. The number of thiophene rings is 1. The maximum Gasteiger partial charge on any atom is 0.148 e. The Bertz CT molecular complexity index is 622. The van der Waals surface area contributed by atoms with E-state index < -0.39 is 0 Å². The van der Waals surface area contributed by atoms with Crippen molar-refractivity contribution >= 4 is 38.9 Å². The lowest BCUT2D eigenvalue weighted by molar-refractivity contribution is 0.551. The van der Waals surface area contributed by atoms with E-state index in [1.165, 1.54) is 10.4 Å². The third-order valence-corrected chi connectivity index (χ3v) is 5.92. The number of rotatable bonds is 5. The van der Waals surface area contributed by atoms with Crippen molar-refractivity contribution < 1.29 is 4.39 Å². The van der Waals surface area contributed by atoms with Gasteiger partial charge in [-0.25, -0.2) is 4.39 Å². The second-order valence-electron chi connectivity index (χ2n) is 5.04. The molecule has 1 N–H and O–H groups in total. The Hall–Kier alpha value is -0.420. The van der Waals surface area contributed by atoms with Crippen molar-refractivity contribution in [3.63, 3.8) is 0 Å². The number of nitrogens with one attached hydrogen (secondary N) is 1. The maximum absolute atomic E-state index is 14.5. The quantitative estimate of drug-likeness (QED) is 0.616. The predicted octanol–water partition coefficient (Wildman–Crippen LogP) is 6.01. The van der Waals surface area contributed by atoms with Gasteiger partial charge in [-0.15, -0.1) is 11.3 Å². The van der Waals surface area contributed by atoms with E-state index in [1.807, 2.05) is 0 Å². The third kappa shape index (κ3) is 3.67. The molecule has 1 unspecified atom stereocenters. The topological polar surface area (TPSA) is 12.0 Å². The molecule has 1 aromatic carbocycles. The average molecular weight is 391 g/mol. The summed E-state index contributed by atoms with van der Waals surface area (Å²) in [5.41, 5.74) is 1.83. The minimum absolute atomic E-state index is 0.140. The largest absolute Gasteiger partial charge is 0.306 e. The molecule has 1 nitrogen and oxygen atoms in total. The van der Waals surface area contributed by atoms with Gasteiger partial charge in [0, 0.05) is 19.8 Å². The summed E-state index contributed by atoms with van der Waals surface area (Å²) in [4.78, 5) is 2.38. The van der Waals surface area contributed by atoms with E-state index in [4.69, 9.17) is 11.6 Å². The molecular weight excluding hydrogens is 373 g/mol. The molecule has 1 atom stereocenters. The summed E-state index contributed by atoms with van der Waals surface area (Å²) in [5, 5.41) is 3.57. The fraction of sp³-hybridized carbons (Fsp3) is 0.375. The fourth-order valence-corrected chi connectivity index (χ4v) is 3.78. The number of hydrogen-bond acceptors (Lipinski definition) is 2. The predicted molar refractivity (Wildman–Crippen MR) is 93.0 cm³/mol. The van der Waals surface area contributed by atoms with E-state index in [0.717, 1.165) is 17.8 Å². The third-order valence-electron chi connectivity index (χ3n) is 3.44. The van der Waals surface area contributed by atoms with Gasteiger partial charge in [0.1, 0.15) is 5.82 Å². The first-order chi connectivity index (χ1) is 9.95. The molecule has 0 amide bonds. The van der Waals surface area contributed by atoms with Gasteiger partial charge in [0.2, 0.25) is 0 Å². The molecule has 0 spiro atoms. The highest BCUT2D eigenvalue weighted by atomic mass is 79.9. The van der Waals surface area contributed by atoms with Gasteiger partial charge in [0.05, 0.1) is 11.1 Å². The molecule has 0 saturated carbocycles. The first kappa shape index (κ1) is 16.9. The molecule has 1 aromatic heterocycles.